The largest absolute Gasteiger partial charge is 0.497 e. The Labute approximate surface area is 165 Å². The van der Waals surface area contributed by atoms with Crippen LogP contribution in [0.2, 0.25) is 0 Å². The van der Waals surface area contributed by atoms with Gasteiger partial charge in [0.2, 0.25) is 0 Å². The van der Waals surface area contributed by atoms with Crippen molar-refractivity contribution < 1.29 is 22.5 Å². The molecule has 0 spiro atoms. The van der Waals surface area contributed by atoms with Crippen LogP contribution in [0.3, 0.4) is 0 Å². The molecule has 12 heteroatoms. The monoisotopic (exact) mass is 417 g/mol. The highest BCUT2D eigenvalue weighted by molar-refractivity contribution is 7.84. The summed E-state index contributed by atoms with van der Waals surface area (Å²) < 4.78 is 32.1. The molecule has 0 saturated heterocycles. The van der Waals surface area contributed by atoms with Crippen LogP contribution in [0.4, 0.5) is 11.6 Å². The van der Waals surface area contributed by atoms with E-state index in [9.17, 15) is 18.5 Å². The summed E-state index contributed by atoms with van der Waals surface area (Å²) in [5, 5.41) is 14.1. The Morgan fingerprint density at radius 1 is 1.21 bits per heavy atom. The van der Waals surface area contributed by atoms with Crippen molar-refractivity contribution >= 4 is 38.5 Å². The van der Waals surface area contributed by atoms with Gasteiger partial charge in [-0.05, 0) is 37.3 Å². The Hall–Kier alpha value is -3.80. The van der Waals surface area contributed by atoms with Gasteiger partial charge in [-0.15, -0.1) is 0 Å². The molecule has 0 radical (unpaired) electrons. The Balaban J connectivity index is 1.87. The van der Waals surface area contributed by atoms with Crippen molar-refractivity contribution in [2.45, 2.75) is 11.8 Å². The molecule has 0 fully saturated rings. The number of nitrogens with one attached hydrogen (secondary N) is 2. The van der Waals surface area contributed by atoms with Crippen molar-refractivity contribution in [1.29, 1.82) is 0 Å². The molecule has 3 aromatic rings. The number of non-ortho nitro benzene ring substituents is 1. The minimum Gasteiger partial charge on any atom is -0.497 e. The smallest absolute Gasteiger partial charge is 0.363 e. The number of benzene rings is 2. The minimum atomic E-state index is -4.05. The number of sulfonamides is 1. The first kappa shape index (κ1) is 19.9. The Morgan fingerprint density at radius 2 is 1.90 bits per heavy atom. The van der Waals surface area contributed by atoms with Gasteiger partial charge >= 0.3 is 16.0 Å². The molecule has 1 heterocycles. The molecular formula is C17H17N6O5S+. The quantitative estimate of drug-likeness (QED) is 0.225. The highest BCUT2D eigenvalue weighted by Gasteiger charge is 2.18. The number of hydrogen-bond donors (Lipinski definition) is 3. The molecule has 0 atom stereocenters. The Bertz CT molecular complexity index is 1230. The van der Waals surface area contributed by atoms with E-state index < -0.39 is 14.9 Å². The molecule has 0 bridgehead atoms. The highest BCUT2D eigenvalue weighted by Crippen LogP contribution is 2.22. The van der Waals surface area contributed by atoms with E-state index >= 15 is 0 Å². The van der Waals surface area contributed by atoms with E-state index in [1.807, 2.05) is 0 Å². The van der Waals surface area contributed by atoms with Gasteiger partial charge in [-0.1, -0.05) is 0 Å². The molecule has 0 aliphatic heterocycles. The Morgan fingerprint density at radius 3 is 2.52 bits per heavy atom. The summed E-state index contributed by atoms with van der Waals surface area (Å²) in [6, 6.07) is 9.66. The van der Waals surface area contributed by atoms with Crippen LogP contribution < -0.4 is 20.2 Å². The number of methoxy groups -OCH3 is 1. The summed E-state index contributed by atoms with van der Waals surface area (Å²) >= 11 is 0. The normalized spacial score (nSPS) is 12.0. The molecule has 0 unspecified atom stereocenters. The van der Waals surface area contributed by atoms with Crippen LogP contribution in [0, 0.1) is 17.0 Å². The fraction of sp³-hybridized carbons (Fsp3) is 0.118. The van der Waals surface area contributed by atoms with Crippen molar-refractivity contribution in [2.75, 3.05) is 12.4 Å². The average Bonchev–Trinajstić information content (AvgIpc) is 2.67. The molecule has 11 nitrogen and oxygen atoms in total. The zero-order valence-electron chi connectivity index (χ0n) is 15.4. The van der Waals surface area contributed by atoms with Crippen molar-refractivity contribution in [3.05, 3.63) is 58.3 Å². The number of aromatic nitrogens is 2. The number of hydrogen-bond acceptors (Lipinski definition) is 7. The lowest BCUT2D eigenvalue weighted by atomic mass is 10.2. The summed E-state index contributed by atoms with van der Waals surface area (Å²) in [7, 11) is -2.50. The molecule has 150 valence electrons. The Kier molecular flexibility index (Phi) is 5.28. The number of nitrogens with two attached hydrogens (primary N) is 1. The number of ether oxygens (including phenoxy) is 1. The number of anilines is 1. The summed E-state index contributed by atoms with van der Waals surface area (Å²) in [4.78, 5) is 18.4. The molecule has 0 aliphatic rings. The van der Waals surface area contributed by atoms with Crippen LogP contribution in [0.5, 0.6) is 5.75 Å². The molecule has 0 aliphatic carbocycles. The first-order valence-electron chi connectivity index (χ1n) is 8.19. The molecule has 1 aromatic heterocycles. The van der Waals surface area contributed by atoms with Gasteiger partial charge in [-0.2, -0.15) is 17.8 Å². The van der Waals surface area contributed by atoms with E-state index in [2.05, 4.69) is 19.7 Å². The summed E-state index contributed by atoms with van der Waals surface area (Å²) in [6.07, 6.45) is 0. The summed E-state index contributed by atoms with van der Waals surface area (Å²) in [5.41, 5.74) is 6.79. The van der Waals surface area contributed by atoms with Crippen molar-refractivity contribution in [3.8, 4) is 5.75 Å². The number of guanidine groups is 1. The third-order valence-corrected chi connectivity index (χ3v) is 5.32. The highest BCUT2D eigenvalue weighted by atomic mass is 32.2. The van der Waals surface area contributed by atoms with Gasteiger partial charge in [0, 0.05) is 17.5 Å². The number of nitro groups is 1. The molecule has 2 aromatic carbocycles. The van der Waals surface area contributed by atoms with E-state index in [1.165, 1.54) is 0 Å². The second-order valence-corrected chi connectivity index (χ2v) is 7.59. The summed E-state index contributed by atoms with van der Waals surface area (Å²) in [5.74, 6) is 0.437. The van der Waals surface area contributed by atoms with Crippen LogP contribution in [-0.2, 0) is 10.0 Å². The zero-order valence-corrected chi connectivity index (χ0v) is 16.2. The van der Waals surface area contributed by atoms with Gasteiger partial charge in [0.15, 0.2) is 0 Å². The van der Waals surface area contributed by atoms with E-state index in [4.69, 9.17) is 10.5 Å². The lowest BCUT2D eigenvalue weighted by Gasteiger charge is -2.06. The first-order chi connectivity index (χ1) is 13.7. The predicted molar refractivity (Wildman–Crippen MR) is 105 cm³/mol. The fourth-order valence-corrected chi connectivity index (χ4v) is 3.49. The zero-order chi connectivity index (χ0) is 21.2. The van der Waals surface area contributed by atoms with Gasteiger partial charge < -0.3 is 4.74 Å². The van der Waals surface area contributed by atoms with E-state index in [0.29, 0.717) is 17.0 Å². The van der Waals surface area contributed by atoms with Crippen molar-refractivity contribution in [1.82, 2.24) is 9.97 Å². The average molecular weight is 417 g/mol. The fourth-order valence-electron chi connectivity index (χ4n) is 2.54. The van der Waals surface area contributed by atoms with Gasteiger partial charge in [0.1, 0.15) is 10.6 Å². The maximum absolute atomic E-state index is 12.4. The van der Waals surface area contributed by atoms with Crippen LogP contribution in [0.1, 0.15) is 5.69 Å². The molecule has 29 heavy (non-hydrogen) atoms. The molecular weight excluding hydrogens is 400 g/mol. The van der Waals surface area contributed by atoms with Crippen molar-refractivity contribution in [3.63, 3.8) is 0 Å². The first-order valence-corrected chi connectivity index (χ1v) is 9.67. The van der Waals surface area contributed by atoms with Crippen LogP contribution in [0.15, 0.2) is 47.4 Å². The van der Waals surface area contributed by atoms with Gasteiger partial charge in [0.25, 0.3) is 11.6 Å². The van der Waals surface area contributed by atoms with E-state index in [-0.39, 0.29) is 22.5 Å². The molecule has 0 amide bonds. The summed E-state index contributed by atoms with van der Waals surface area (Å²) in [6.45, 7) is 1.77. The SMILES string of the molecule is COc1ccc2nc(NC(N)=[NH+]S(=O)(=O)c3ccc([N+](=O)[O-])cc3)nc(C)c2c1. The number of nitro benzene ring substituents is 1. The van der Waals surface area contributed by atoms with Gasteiger partial charge in [0.05, 0.1) is 23.2 Å². The van der Waals surface area contributed by atoms with Crippen molar-refractivity contribution in [2.24, 2.45) is 5.73 Å². The topological polar surface area (TPSA) is 164 Å². The predicted octanol–water partition coefficient (Wildman–Crippen LogP) is 0.0511. The second kappa shape index (κ2) is 7.67. The lowest BCUT2D eigenvalue weighted by molar-refractivity contribution is -0.384. The van der Waals surface area contributed by atoms with Crippen LogP contribution >= 0.6 is 0 Å². The van der Waals surface area contributed by atoms with E-state index in [0.717, 1.165) is 29.7 Å². The number of rotatable bonds is 5. The molecule has 3 rings (SSSR count). The van der Waals surface area contributed by atoms with Crippen LogP contribution in [-0.4, -0.2) is 36.4 Å². The third-order valence-electron chi connectivity index (χ3n) is 3.94. The number of aryl methyl sites for hydroxylation is 1. The van der Waals surface area contributed by atoms with Gasteiger partial charge in [-0.3, -0.25) is 15.8 Å². The molecule has 4 N–H and O–H groups in total. The maximum atomic E-state index is 12.4. The number of nitrogens with zero attached hydrogens (tertiary/aromatic N) is 3. The standard InChI is InChI=1S/C17H16N6O5S/c1-10-14-9-12(28-2)5-8-15(14)20-17(19-10)21-16(18)22-29(26,27)13-6-3-11(4-7-13)23(24)25/h3-9H,1-2H3,(H3,18,19,20,21,22)/p+1. The third kappa shape index (κ3) is 4.38. The molecule has 0 saturated carbocycles. The minimum absolute atomic E-state index is 0.101. The maximum Gasteiger partial charge on any atom is 0.363 e. The lowest BCUT2D eigenvalue weighted by Crippen LogP contribution is -2.80. The van der Waals surface area contributed by atoms with E-state index in [1.54, 1.807) is 32.2 Å². The van der Waals surface area contributed by atoms with Crippen LogP contribution in [0.25, 0.3) is 10.9 Å². The number of fused-ring (bicyclic) bond motifs is 1. The van der Waals surface area contributed by atoms with Gasteiger partial charge in [-0.25, -0.2) is 10.3 Å². The second-order valence-electron chi connectivity index (χ2n) is 5.91.